The van der Waals surface area contributed by atoms with Crippen LogP contribution in [0.25, 0.3) is 0 Å². The number of hydrogen-bond acceptors (Lipinski definition) is 3. The number of hydrogen-bond donors (Lipinski definition) is 3. The first-order chi connectivity index (χ1) is 11.0. The first-order valence-corrected chi connectivity index (χ1v) is 8.53. The van der Waals surface area contributed by atoms with Gasteiger partial charge < -0.3 is 20.3 Å². The average molecular weight is 319 g/mol. The Morgan fingerprint density at radius 2 is 2.13 bits per heavy atom. The summed E-state index contributed by atoms with van der Waals surface area (Å²) in [5.41, 5.74) is 2.70. The maximum absolute atomic E-state index is 10.9. The molecule has 3 N–H and O–H groups in total. The number of fused-ring (bicyclic) bond motifs is 1. The van der Waals surface area contributed by atoms with Crippen LogP contribution in [-0.4, -0.2) is 28.5 Å². The van der Waals surface area contributed by atoms with Crippen molar-refractivity contribution in [1.82, 2.24) is 5.32 Å². The van der Waals surface area contributed by atoms with Gasteiger partial charge in [0.25, 0.3) is 0 Å². The van der Waals surface area contributed by atoms with Gasteiger partial charge in [0, 0.05) is 23.6 Å². The van der Waals surface area contributed by atoms with Crippen molar-refractivity contribution in [2.24, 2.45) is 5.92 Å². The largest absolute Gasteiger partial charge is 0.507 e. The molecule has 0 aromatic heterocycles. The number of rotatable bonds is 4. The maximum atomic E-state index is 10.9. The van der Waals surface area contributed by atoms with Gasteiger partial charge in [-0.05, 0) is 50.2 Å². The van der Waals surface area contributed by atoms with Crippen molar-refractivity contribution in [1.29, 1.82) is 0 Å². The number of nitrogens with one attached hydrogen (secondary N) is 1. The van der Waals surface area contributed by atoms with E-state index in [2.05, 4.69) is 5.32 Å². The van der Waals surface area contributed by atoms with E-state index in [0.717, 1.165) is 61.0 Å². The molecular weight excluding hydrogens is 294 g/mol. The number of aryl methyl sites for hydroxylation is 1. The lowest BCUT2D eigenvalue weighted by atomic mass is 9.67. The molecule has 0 saturated heterocycles. The molecule has 1 amide bonds. The Labute approximate surface area is 136 Å². The van der Waals surface area contributed by atoms with Crippen LogP contribution in [0, 0.1) is 5.92 Å². The van der Waals surface area contributed by atoms with Crippen LogP contribution in [0.5, 0.6) is 11.5 Å². The number of carbonyl (C=O) groups is 1. The summed E-state index contributed by atoms with van der Waals surface area (Å²) >= 11 is 0. The van der Waals surface area contributed by atoms with Crippen molar-refractivity contribution in [2.75, 3.05) is 6.54 Å². The third-order valence-corrected chi connectivity index (χ3v) is 5.50. The summed E-state index contributed by atoms with van der Waals surface area (Å²) in [5.74, 6) is 1.40. The fourth-order valence-electron chi connectivity index (χ4n) is 4.00. The number of benzene rings is 1. The van der Waals surface area contributed by atoms with E-state index in [1.165, 1.54) is 0 Å². The Bertz CT molecular complexity index is 622. The second kappa shape index (κ2) is 5.95. The zero-order valence-corrected chi connectivity index (χ0v) is 13.8. The molecule has 1 saturated carbocycles. The van der Waals surface area contributed by atoms with Crippen LogP contribution in [0.4, 0.5) is 4.79 Å². The fraction of sp³-hybridized carbons (Fsp3) is 0.611. The average Bonchev–Trinajstić information content (AvgIpc) is 2.50. The highest BCUT2D eigenvalue weighted by atomic mass is 16.5. The van der Waals surface area contributed by atoms with Gasteiger partial charge in [0.15, 0.2) is 0 Å². The Hall–Kier alpha value is -1.91. The molecule has 1 aromatic rings. The molecule has 1 heterocycles. The summed E-state index contributed by atoms with van der Waals surface area (Å²) in [6.45, 7) is 4.46. The monoisotopic (exact) mass is 319 g/mol. The number of phenolic OH excluding ortho intramolecular Hbond substituents is 1. The van der Waals surface area contributed by atoms with E-state index in [9.17, 15) is 9.90 Å². The highest BCUT2D eigenvalue weighted by molar-refractivity contribution is 5.64. The van der Waals surface area contributed by atoms with Gasteiger partial charge >= 0.3 is 6.09 Å². The number of aromatic hydroxyl groups is 1. The minimum absolute atomic E-state index is 0.122. The van der Waals surface area contributed by atoms with Crippen molar-refractivity contribution in [3.8, 4) is 11.5 Å². The van der Waals surface area contributed by atoms with E-state index in [1.807, 2.05) is 19.9 Å². The molecule has 23 heavy (non-hydrogen) atoms. The molecule has 1 aliphatic heterocycles. The van der Waals surface area contributed by atoms with Crippen LogP contribution in [-0.2, 0) is 19.3 Å². The molecule has 3 rings (SSSR count). The van der Waals surface area contributed by atoms with Crippen molar-refractivity contribution >= 4 is 6.09 Å². The highest BCUT2D eigenvalue weighted by Gasteiger charge is 2.49. The first kappa shape index (κ1) is 16.0. The third-order valence-electron chi connectivity index (χ3n) is 5.50. The molecule has 0 bridgehead atoms. The number of carboxylic acid groups (broad SMARTS) is 1. The number of phenols is 1. The molecule has 0 radical (unpaired) electrons. The predicted octanol–water partition coefficient (Wildman–Crippen LogP) is 3.26. The normalized spacial score (nSPS) is 21.2. The van der Waals surface area contributed by atoms with Gasteiger partial charge in [-0.25, -0.2) is 4.79 Å². The number of ether oxygens (including phenoxy) is 1. The quantitative estimate of drug-likeness (QED) is 0.796. The third kappa shape index (κ3) is 2.62. The van der Waals surface area contributed by atoms with Gasteiger partial charge in [0.05, 0.1) is 0 Å². The topological polar surface area (TPSA) is 78.8 Å². The van der Waals surface area contributed by atoms with Gasteiger partial charge in [-0.1, -0.05) is 13.8 Å². The van der Waals surface area contributed by atoms with E-state index in [-0.39, 0.29) is 11.5 Å². The molecular formula is C18H25NO4. The van der Waals surface area contributed by atoms with E-state index < -0.39 is 6.09 Å². The molecule has 1 spiro atoms. The lowest BCUT2D eigenvalue weighted by Crippen LogP contribution is -2.56. The molecule has 5 heteroatoms. The van der Waals surface area contributed by atoms with E-state index >= 15 is 0 Å². The van der Waals surface area contributed by atoms with Gasteiger partial charge in [-0.3, -0.25) is 0 Å². The minimum Gasteiger partial charge on any atom is -0.507 e. The Kier molecular flexibility index (Phi) is 4.13. The van der Waals surface area contributed by atoms with Crippen molar-refractivity contribution < 1.29 is 19.7 Å². The van der Waals surface area contributed by atoms with E-state index in [1.54, 1.807) is 0 Å². The van der Waals surface area contributed by atoms with Crippen LogP contribution >= 0.6 is 0 Å². The Balaban J connectivity index is 1.98. The molecule has 2 aliphatic rings. The van der Waals surface area contributed by atoms with Gasteiger partial charge in [-0.15, -0.1) is 0 Å². The summed E-state index contributed by atoms with van der Waals surface area (Å²) < 4.78 is 6.40. The smallest absolute Gasteiger partial charge is 0.404 e. The molecule has 1 aromatic carbocycles. The summed E-state index contributed by atoms with van der Waals surface area (Å²) in [4.78, 5) is 10.9. The molecule has 126 valence electrons. The Morgan fingerprint density at radius 1 is 1.39 bits per heavy atom. The van der Waals surface area contributed by atoms with Crippen molar-refractivity contribution in [3.05, 3.63) is 22.8 Å². The second-order valence-corrected chi connectivity index (χ2v) is 6.65. The highest BCUT2D eigenvalue weighted by Crippen LogP contribution is 2.50. The molecule has 1 atom stereocenters. The van der Waals surface area contributed by atoms with E-state index in [0.29, 0.717) is 12.3 Å². The molecule has 1 fully saturated rings. The second-order valence-electron chi connectivity index (χ2n) is 6.65. The van der Waals surface area contributed by atoms with Crippen LogP contribution < -0.4 is 10.1 Å². The van der Waals surface area contributed by atoms with Crippen molar-refractivity contribution in [2.45, 2.75) is 58.0 Å². The summed E-state index contributed by atoms with van der Waals surface area (Å²) in [6, 6.07) is 1.98. The summed E-state index contributed by atoms with van der Waals surface area (Å²) in [7, 11) is 0. The van der Waals surface area contributed by atoms with Crippen molar-refractivity contribution in [3.63, 3.8) is 0 Å². The fourth-order valence-corrected chi connectivity index (χ4v) is 4.00. The number of amides is 1. The predicted molar refractivity (Wildman–Crippen MR) is 87.3 cm³/mol. The first-order valence-electron chi connectivity index (χ1n) is 8.53. The molecule has 5 nitrogen and oxygen atoms in total. The van der Waals surface area contributed by atoms with Crippen LogP contribution in [0.3, 0.4) is 0 Å². The van der Waals surface area contributed by atoms with Gasteiger partial charge in [0.1, 0.15) is 17.1 Å². The zero-order valence-electron chi connectivity index (χ0n) is 13.8. The lowest BCUT2D eigenvalue weighted by molar-refractivity contribution is -0.0703. The van der Waals surface area contributed by atoms with Crippen LogP contribution in [0.1, 0.15) is 49.8 Å². The Morgan fingerprint density at radius 3 is 2.65 bits per heavy atom. The summed E-state index contributed by atoms with van der Waals surface area (Å²) in [5, 5.41) is 21.9. The minimum atomic E-state index is -0.995. The zero-order chi connectivity index (χ0) is 16.6. The summed E-state index contributed by atoms with van der Waals surface area (Å²) in [6.07, 6.45) is 4.35. The van der Waals surface area contributed by atoms with Crippen LogP contribution in [0.15, 0.2) is 6.07 Å². The molecule has 1 aliphatic carbocycles. The SMILES string of the molecule is CCc1cc2c(c(CC)c1O)CC(CNC(=O)O)C1(CCC1)O2. The lowest BCUT2D eigenvalue weighted by Gasteiger charge is -2.51. The standard InChI is InChI=1S/C18H25NO4/c1-3-11-8-15-14(13(4-2)16(11)20)9-12(10-19-17(21)22)18(23-15)6-5-7-18/h8,12,19-20H,3-7,9-10H2,1-2H3,(H,21,22). The molecule has 1 unspecified atom stereocenters. The van der Waals surface area contributed by atoms with E-state index in [4.69, 9.17) is 9.84 Å². The maximum Gasteiger partial charge on any atom is 0.404 e. The van der Waals surface area contributed by atoms with Gasteiger partial charge in [0.2, 0.25) is 0 Å². The van der Waals surface area contributed by atoms with Gasteiger partial charge in [-0.2, -0.15) is 0 Å². The van der Waals surface area contributed by atoms with Crippen LogP contribution in [0.2, 0.25) is 0 Å².